The average Bonchev–Trinajstić information content (AvgIpc) is 2.87. The van der Waals surface area contributed by atoms with Crippen molar-refractivity contribution in [1.29, 1.82) is 0 Å². The zero-order valence-corrected chi connectivity index (χ0v) is 16.8. The fraction of sp³-hybridized carbons (Fsp3) is 0.667. The van der Waals surface area contributed by atoms with Gasteiger partial charge in [0.15, 0.2) is 6.10 Å². The Kier molecular flexibility index (Phi) is 4.06. The quantitative estimate of drug-likeness (QED) is 0.773. The lowest BCUT2D eigenvalue weighted by molar-refractivity contribution is -0.165. The molecule has 152 valence electrons. The van der Waals surface area contributed by atoms with E-state index in [0.717, 1.165) is 0 Å². The Labute approximate surface area is 163 Å². The highest BCUT2D eigenvalue weighted by molar-refractivity contribution is 5.81. The second kappa shape index (κ2) is 5.92. The molecule has 0 amide bonds. The van der Waals surface area contributed by atoms with Gasteiger partial charge in [-0.05, 0) is 25.3 Å². The number of hydrogen-bond acceptors (Lipinski definition) is 7. The number of fused-ring (bicyclic) bond motifs is 2. The summed E-state index contributed by atoms with van der Waals surface area (Å²) in [6.45, 7) is 8.77. The normalized spacial score (nSPS) is 38.6. The molecule has 1 saturated carbocycles. The number of carbonyl (C=O) groups excluding carboxylic acids is 2. The molecule has 2 heterocycles. The fourth-order valence-corrected chi connectivity index (χ4v) is 5.76. The SMILES string of the molecule is CC(=O)O[C@@H]1c2c(cc(=O)oc2C(C)C)[C@@]2(C)[C@H](O)CC[C@]3(C)C(=O)O[C@H]1[C@H]23. The Morgan fingerprint density at radius 2 is 2.00 bits per heavy atom. The van der Waals surface area contributed by atoms with Crippen LogP contribution in [0.3, 0.4) is 0 Å². The molecular formula is C21H26O7. The molecule has 0 spiro atoms. The standard InChI is InChI=1S/C21H26O7/c1-9(2)15-14-11(8-13(24)27-15)21(5)12(23)6-7-20(4)18(21)17(28-19(20)25)16(14)26-10(3)22/h8-9,12,16-18,23H,6-7H2,1-5H3/t12-,16-,17-,18+,20+,21+/m1/s1. The lowest BCUT2D eigenvalue weighted by Gasteiger charge is -2.54. The van der Waals surface area contributed by atoms with Crippen molar-refractivity contribution in [2.75, 3.05) is 0 Å². The molecule has 1 aromatic heterocycles. The lowest BCUT2D eigenvalue weighted by atomic mass is 9.48. The zero-order valence-electron chi connectivity index (χ0n) is 16.8. The maximum absolute atomic E-state index is 12.9. The van der Waals surface area contributed by atoms with Gasteiger partial charge in [0.2, 0.25) is 0 Å². The molecule has 1 saturated heterocycles. The Hall–Kier alpha value is -2.15. The van der Waals surface area contributed by atoms with Crippen molar-refractivity contribution in [1.82, 2.24) is 0 Å². The van der Waals surface area contributed by atoms with Gasteiger partial charge in [-0.3, -0.25) is 9.59 Å². The molecule has 1 aliphatic heterocycles. The van der Waals surface area contributed by atoms with Gasteiger partial charge in [-0.25, -0.2) is 4.79 Å². The molecule has 4 rings (SSSR count). The van der Waals surface area contributed by atoms with Crippen molar-refractivity contribution < 1.29 is 28.6 Å². The molecule has 0 bridgehead atoms. The molecule has 0 radical (unpaired) electrons. The average molecular weight is 390 g/mol. The van der Waals surface area contributed by atoms with Gasteiger partial charge in [-0.1, -0.05) is 20.8 Å². The summed E-state index contributed by atoms with van der Waals surface area (Å²) in [5, 5.41) is 11.1. The molecule has 1 aromatic rings. The number of rotatable bonds is 2. The monoisotopic (exact) mass is 390 g/mol. The van der Waals surface area contributed by atoms with Gasteiger partial charge in [-0.2, -0.15) is 0 Å². The van der Waals surface area contributed by atoms with E-state index >= 15 is 0 Å². The van der Waals surface area contributed by atoms with Crippen LogP contribution in [-0.2, 0) is 24.5 Å². The maximum atomic E-state index is 12.9. The topological polar surface area (TPSA) is 103 Å². The van der Waals surface area contributed by atoms with E-state index in [1.807, 2.05) is 27.7 Å². The van der Waals surface area contributed by atoms with Crippen LogP contribution in [0.25, 0.3) is 0 Å². The highest BCUT2D eigenvalue weighted by atomic mass is 16.6. The maximum Gasteiger partial charge on any atom is 0.336 e. The molecule has 28 heavy (non-hydrogen) atoms. The third-order valence-corrected chi connectivity index (χ3v) is 7.01. The molecule has 2 fully saturated rings. The number of esters is 2. The lowest BCUT2D eigenvalue weighted by Crippen LogP contribution is -2.60. The van der Waals surface area contributed by atoms with Crippen molar-refractivity contribution in [2.45, 2.75) is 77.1 Å². The molecule has 2 aliphatic carbocycles. The summed E-state index contributed by atoms with van der Waals surface area (Å²) < 4.78 is 16.9. The Morgan fingerprint density at radius 3 is 2.61 bits per heavy atom. The van der Waals surface area contributed by atoms with Crippen LogP contribution < -0.4 is 5.63 Å². The van der Waals surface area contributed by atoms with Crippen molar-refractivity contribution in [3.05, 3.63) is 33.4 Å². The van der Waals surface area contributed by atoms with Gasteiger partial charge in [0.25, 0.3) is 0 Å². The number of aliphatic hydroxyl groups is 1. The first-order valence-electron chi connectivity index (χ1n) is 9.76. The number of carbonyl (C=O) groups is 2. The highest BCUT2D eigenvalue weighted by Gasteiger charge is 2.70. The largest absolute Gasteiger partial charge is 0.457 e. The van der Waals surface area contributed by atoms with Gasteiger partial charge in [-0.15, -0.1) is 0 Å². The van der Waals surface area contributed by atoms with Crippen LogP contribution in [0.2, 0.25) is 0 Å². The summed E-state index contributed by atoms with van der Waals surface area (Å²) in [6, 6.07) is 1.38. The zero-order chi connectivity index (χ0) is 20.6. The summed E-state index contributed by atoms with van der Waals surface area (Å²) in [4.78, 5) is 37.2. The fourth-order valence-electron chi connectivity index (χ4n) is 5.76. The van der Waals surface area contributed by atoms with E-state index in [4.69, 9.17) is 13.9 Å². The van der Waals surface area contributed by atoms with Crippen molar-refractivity contribution in [3.8, 4) is 0 Å². The number of ether oxygens (including phenoxy) is 2. The van der Waals surface area contributed by atoms with Crippen LogP contribution in [0.1, 0.15) is 76.4 Å². The van der Waals surface area contributed by atoms with Crippen molar-refractivity contribution in [3.63, 3.8) is 0 Å². The van der Waals surface area contributed by atoms with Crippen LogP contribution in [0.5, 0.6) is 0 Å². The van der Waals surface area contributed by atoms with Gasteiger partial charge in [0, 0.05) is 35.8 Å². The van der Waals surface area contributed by atoms with Gasteiger partial charge in [0.05, 0.1) is 11.5 Å². The molecule has 0 aromatic carbocycles. The van der Waals surface area contributed by atoms with Crippen molar-refractivity contribution in [2.24, 2.45) is 11.3 Å². The van der Waals surface area contributed by atoms with E-state index in [0.29, 0.717) is 29.7 Å². The number of aliphatic hydroxyl groups excluding tert-OH is 1. The van der Waals surface area contributed by atoms with E-state index in [1.165, 1.54) is 13.0 Å². The predicted octanol–water partition coefficient (Wildman–Crippen LogP) is 2.34. The first-order chi connectivity index (χ1) is 13.0. The van der Waals surface area contributed by atoms with Crippen LogP contribution in [0.4, 0.5) is 0 Å². The van der Waals surface area contributed by atoms with Gasteiger partial charge < -0.3 is 19.0 Å². The van der Waals surface area contributed by atoms with Crippen LogP contribution in [-0.4, -0.2) is 29.3 Å². The molecule has 7 heteroatoms. The second-order valence-electron chi connectivity index (χ2n) is 9.04. The highest BCUT2D eigenvalue weighted by Crippen LogP contribution is 2.64. The third-order valence-electron chi connectivity index (χ3n) is 7.01. The summed E-state index contributed by atoms with van der Waals surface area (Å²) in [5.74, 6) is -1.05. The molecular weight excluding hydrogens is 364 g/mol. The van der Waals surface area contributed by atoms with E-state index in [9.17, 15) is 19.5 Å². The molecule has 7 nitrogen and oxygen atoms in total. The second-order valence-corrected chi connectivity index (χ2v) is 9.04. The molecule has 1 N–H and O–H groups in total. The number of hydrogen-bond donors (Lipinski definition) is 1. The molecule has 0 unspecified atom stereocenters. The summed E-state index contributed by atoms with van der Waals surface area (Å²) >= 11 is 0. The van der Waals surface area contributed by atoms with Crippen molar-refractivity contribution >= 4 is 11.9 Å². The van der Waals surface area contributed by atoms with E-state index in [2.05, 4.69) is 0 Å². The summed E-state index contributed by atoms with van der Waals surface area (Å²) in [5.41, 5.74) is -1.09. The Bertz CT molecular complexity index is 916. The minimum atomic E-state index is -0.893. The minimum absolute atomic E-state index is 0.162. The predicted molar refractivity (Wildman–Crippen MR) is 97.6 cm³/mol. The first-order valence-corrected chi connectivity index (χ1v) is 9.76. The third kappa shape index (κ3) is 2.28. The van der Waals surface area contributed by atoms with E-state index < -0.39 is 46.7 Å². The van der Waals surface area contributed by atoms with Crippen LogP contribution in [0.15, 0.2) is 15.3 Å². The molecule has 6 atom stereocenters. The van der Waals surface area contributed by atoms with E-state index in [-0.39, 0.29) is 11.9 Å². The molecule has 3 aliphatic rings. The first kappa shape index (κ1) is 19.2. The van der Waals surface area contributed by atoms with E-state index in [1.54, 1.807) is 0 Å². The minimum Gasteiger partial charge on any atom is -0.457 e. The van der Waals surface area contributed by atoms with Gasteiger partial charge >= 0.3 is 17.6 Å². The summed E-state index contributed by atoms with van der Waals surface area (Å²) in [6.07, 6.45) is -1.48. The van der Waals surface area contributed by atoms with Gasteiger partial charge in [0.1, 0.15) is 11.9 Å². The smallest absolute Gasteiger partial charge is 0.336 e. The Balaban J connectivity index is 2.08. The Morgan fingerprint density at radius 1 is 1.32 bits per heavy atom. The van der Waals surface area contributed by atoms with Crippen LogP contribution in [0, 0.1) is 11.3 Å². The summed E-state index contributed by atoms with van der Waals surface area (Å²) in [7, 11) is 0. The van der Waals surface area contributed by atoms with Crippen LogP contribution >= 0.6 is 0 Å².